The fourth-order valence-corrected chi connectivity index (χ4v) is 3.62. The monoisotopic (exact) mass is 509 g/mol. The Bertz CT molecular complexity index is 657. The number of benzene rings is 2. The van der Waals surface area contributed by atoms with Crippen molar-refractivity contribution in [2.75, 3.05) is 0 Å². The number of halogens is 2. The molecular formula is C15H13I2NO3. The van der Waals surface area contributed by atoms with E-state index in [1.165, 1.54) is 0 Å². The zero-order valence-corrected chi connectivity index (χ0v) is 15.3. The Morgan fingerprint density at radius 3 is 2.33 bits per heavy atom. The van der Waals surface area contributed by atoms with Gasteiger partial charge in [0.25, 0.3) is 5.91 Å². The van der Waals surface area contributed by atoms with E-state index in [-0.39, 0.29) is 23.8 Å². The van der Waals surface area contributed by atoms with Crippen molar-refractivity contribution < 1.29 is 15.0 Å². The average Bonchev–Trinajstić information content (AvgIpc) is 2.49. The van der Waals surface area contributed by atoms with E-state index in [4.69, 9.17) is 5.11 Å². The van der Waals surface area contributed by atoms with Gasteiger partial charge in [0.1, 0.15) is 5.75 Å². The molecule has 0 heterocycles. The Kier molecular flexibility index (Phi) is 5.82. The standard InChI is InChI=1S/C15H13I2NO3/c16-11-5-12(14(20)13(17)6-11)15(21)18-7-9-1-3-10(8-19)4-2-9/h1-6,19-20H,7-8H2,(H,18,21). The topological polar surface area (TPSA) is 69.6 Å². The maximum Gasteiger partial charge on any atom is 0.255 e. The largest absolute Gasteiger partial charge is 0.506 e. The Morgan fingerprint density at radius 2 is 1.71 bits per heavy atom. The van der Waals surface area contributed by atoms with E-state index in [2.05, 4.69) is 27.9 Å². The van der Waals surface area contributed by atoms with Gasteiger partial charge in [-0.25, -0.2) is 0 Å². The summed E-state index contributed by atoms with van der Waals surface area (Å²) in [6, 6.07) is 10.8. The summed E-state index contributed by atoms with van der Waals surface area (Å²) in [5, 5.41) is 21.7. The molecule has 0 aliphatic carbocycles. The molecule has 0 bridgehead atoms. The molecular weight excluding hydrogens is 496 g/mol. The summed E-state index contributed by atoms with van der Waals surface area (Å²) < 4.78 is 1.55. The minimum absolute atomic E-state index is 0.00139. The number of amides is 1. The highest BCUT2D eigenvalue weighted by Gasteiger charge is 2.14. The van der Waals surface area contributed by atoms with Gasteiger partial charge in [-0.15, -0.1) is 0 Å². The number of phenols is 1. The predicted octanol–water partition coefficient (Wildman–Crippen LogP) is 3.02. The van der Waals surface area contributed by atoms with Crippen LogP contribution in [0.15, 0.2) is 36.4 Å². The van der Waals surface area contributed by atoms with E-state index in [0.29, 0.717) is 10.1 Å². The second kappa shape index (κ2) is 7.41. The molecule has 0 unspecified atom stereocenters. The van der Waals surface area contributed by atoms with Crippen LogP contribution in [0.5, 0.6) is 5.75 Å². The Balaban J connectivity index is 2.08. The molecule has 0 aliphatic heterocycles. The maximum atomic E-state index is 12.1. The summed E-state index contributed by atoms with van der Waals surface area (Å²) in [6.07, 6.45) is 0. The van der Waals surface area contributed by atoms with E-state index in [1.54, 1.807) is 12.1 Å². The number of aliphatic hydroxyl groups excluding tert-OH is 1. The van der Waals surface area contributed by atoms with Crippen LogP contribution in [0.4, 0.5) is 0 Å². The van der Waals surface area contributed by atoms with Crippen LogP contribution in [0.1, 0.15) is 21.5 Å². The summed E-state index contributed by atoms with van der Waals surface area (Å²) in [6.45, 7) is 0.368. The van der Waals surface area contributed by atoms with Crippen LogP contribution in [-0.2, 0) is 13.2 Å². The smallest absolute Gasteiger partial charge is 0.255 e. The number of carbonyl (C=O) groups excluding carboxylic acids is 1. The van der Waals surface area contributed by atoms with Crippen LogP contribution in [0.3, 0.4) is 0 Å². The quantitative estimate of drug-likeness (QED) is 0.556. The van der Waals surface area contributed by atoms with Crippen molar-refractivity contribution in [2.45, 2.75) is 13.2 Å². The van der Waals surface area contributed by atoms with E-state index in [9.17, 15) is 9.90 Å². The number of hydrogen-bond acceptors (Lipinski definition) is 3. The molecule has 1 amide bonds. The lowest BCUT2D eigenvalue weighted by atomic mass is 10.1. The Hall–Kier alpha value is -0.870. The number of phenolic OH excluding ortho intramolecular Hbond substituents is 1. The van der Waals surface area contributed by atoms with E-state index < -0.39 is 0 Å². The first kappa shape index (κ1) is 16.5. The van der Waals surface area contributed by atoms with Gasteiger partial charge in [-0.2, -0.15) is 0 Å². The van der Waals surface area contributed by atoms with Gasteiger partial charge in [0.15, 0.2) is 0 Å². The third-order valence-corrected chi connectivity index (χ3v) is 4.38. The summed E-state index contributed by atoms with van der Waals surface area (Å²) in [5.74, 6) is -0.306. The third kappa shape index (κ3) is 4.30. The molecule has 4 nitrogen and oxygen atoms in total. The molecule has 3 N–H and O–H groups in total. The number of aromatic hydroxyl groups is 1. The molecule has 0 atom stereocenters. The van der Waals surface area contributed by atoms with Gasteiger partial charge in [-0.3, -0.25) is 4.79 Å². The zero-order valence-electron chi connectivity index (χ0n) is 10.9. The lowest BCUT2D eigenvalue weighted by Crippen LogP contribution is -2.23. The van der Waals surface area contributed by atoms with Crippen molar-refractivity contribution in [1.29, 1.82) is 0 Å². The minimum atomic E-state index is -0.310. The molecule has 0 aliphatic rings. The molecule has 2 aromatic carbocycles. The Labute approximate surface area is 149 Å². The fourth-order valence-electron chi connectivity index (χ4n) is 1.78. The molecule has 0 radical (unpaired) electrons. The first-order valence-electron chi connectivity index (χ1n) is 6.16. The first-order chi connectivity index (χ1) is 10.0. The molecule has 0 saturated heterocycles. The average molecular weight is 509 g/mol. The molecule has 0 aromatic heterocycles. The van der Waals surface area contributed by atoms with Gasteiger partial charge in [0.05, 0.1) is 15.7 Å². The summed E-state index contributed by atoms with van der Waals surface area (Å²) in [5.41, 5.74) is 2.04. The number of hydrogen-bond donors (Lipinski definition) is 3. The van der Waals surface area contributed by atoms with E-state index in [0.717, 1.165) is 14.7 Å². The highest BCUT2D eigenvalue weighted by Crippen LogP contribution is 2.26. The molecule has 110 valence electrons. The van der Waals surface area contributed by atoms with Crippen LogP contribution < -0.4 is 5.32 Å². The second-order valence-electron chi connectivity index (χ2n) is 4.44. The molecule has 0 fully saturated rings. The molecule has 6 heteroatoms. The molecule has 2 rings (SSSR count). The van der Waals surface area contributed by atoms with Crippen LogP contribution in [-0.4, -0.2) is 16.1 Å². The van der Waals surface area contributed by atoms with Crippen molar-refractivity contribution in [2.24, 2.45) is 0 Å². The van der Waals surface area contributed by atoms with Crippen molar-refractivity contribution in [3.05, 3.63) is 60.2 Å². The van der Waals surface area contributed by atoms with Crippen LogP contribution in [0, 0.1) is 7.14 Å². The molecule has 0 saturated carbocycles. The van der Waals surface area contributed by atoms with Crippen molar-refractivity contribution in [1.82, 2.24) is 5.32 Å². The summed E-state index contributed by atoms with van der Waals surface area (Å²) in [4.78, 5) is 12.1. The van der Waals surface area contributed by atoms with Gasteiger partial charge in [-0.1, -0.05) is 24.3 Å². The molecule has 0 spiro atoms. The fraction of sp³-hybridized carbons (Fsp3) is 0.133. The van der Waals surface area contributed by atoms with Gasteiger partial charge in [0.2, 0.25) is 0 Å². The van der Waals surface area contributed by atoms with Gasteiger partial charge >= 0.3 is 0 Å². The lowest BCUT2D eigenvalue weighted by Gasteiger charge is -2.09. The van der Waals surface area contributed by atoms with Crippen molar-refractivity contribution in [3.63, 3.8) is 0 Å². The van der Waals surface area contributed by atoms with Crippen LogP contribution >= 0.6 is 45.2 Å². The number of aliphatic hydroxyl groups is 1. The predicted molar refractivity (Wildman–Crippen MR) is 97.1 cm³/mol. The maximum absolute atomic E-state index is 12.1. The van der Waals surface area contributed by atoms with E-state index in [1.807, 2.05) is 46.9 Å². The summed E-state index contributed by atoms with van der Waals surface area (Å²) in [7, 11) is 0. The number of nitrogens with one attached hydrogen (secondary N) is 1. The highest BCUT2D eigenvalue weighted by molar-refractivity contribution is 14.1. The molecule has 21 heavy (non-hydrogen) atoms. The van der Waals surface area contributed by atoms with Gasteiger partial charge in [0, 0.05) is 10.1 Å². The third-order valence-electron chi connectivity index (χ3n) is 2.93. The van der Waals surface area contributed by atoms with E-state index >= 15 is 0 Å². The van der Waals surface area contributed by atoms with Gasteiger partial charge < -0.3 is 15.5 Å². The lowest BCUT2D eigenvalue weighted by molar-refractivity contribution is 0.0948. The van der Waals surface area contributed by atoms with Crippen molar-refractivity contribution >= 4 is 51.1 Å². The SMILES string of the molecule is O=C(NCc1ccc(CO)cc1)c1cc(I)cc(I)c1O. The minimum Gasteiger partial charge on any atom is -0.506 e. The summed E-state index contributed by atoms with van der Waals surface area (Å²) >= 11 is 4.11. The number of rotatable bonds is 4. The van der Waals surface area contributed by atoms with Gasteiger partial charge in [-0.05, 0) is 68.4 Å². The van der Waals surface area contributed by atoms with Crippen molar-refractivity contribution in [3.8, 4) is 5.75 Å². The Morgan fingerprint density at radius 1 is 1.10 bits per heavy atom. The molecule has 2 aromatic rings. The first-order valence-corrected chi connectivity index (χ1v) is 8.32. The van der Waals surface area contributed by atoms with Crippen LogP contribution in [0.25, 0.3) is 0 Å². The normalized spacial score (nSPS) is 10.4. The zero-order chi connectivity index (χ0) is 15.4. The number of carbonyl (C=O) groups is 1. The highest BCUT2D eigenvalue weighted by atomic mass is 127. The van der Waals surface area contributed by atoms with Crippen LogP contribution in [0.2, 0.25) is 0 Å². The second-order valence-corrected chi connectivity index (χ2v) is 6.85.